The van der Waals surface area contributed by atoms with E-state index in [1.54, 1.807) is 18.2 Å². The molecular formula is C16H12N2O2. The van der Waals surface area contributed by atoms with E-state index in [0.29, 0.717) is 0 Å². The molecule has 0 amide bonds. The van der Waals surface area contributed by atoms with Gasteiger partial charge in [0.05, 0.1) is 16.8 Å². The van der Waals surface area contributed by atoms with Gasteiger partial charge in [-0.15, -0.1) is 0 Å². The molecule has 1 aromatic heterocycles. The lowest BCUT2D eigenvalue weighted by Crippen LogP contribution is -1.95. The molecule has 0 saturated carbocycles. The van der Waals surface area contributed by atoms with E-state index < -0.39 is 5.97 Å². The molecular weight excluding hydrogens is 252 g/mol. The average Bonchev–Trinajstić information content (AvgIpc) is 2.89. The number of benzene rings is 2. The summed E-state index contributed by atoms with van der Waals surface area (Å²) in [7, 11) is 0. The van der Waals surface area contributed by atoms with Crippen LogP contribution >= 0.6 is 0 Å². The van der Waals surface area contributed by atoms with Gasteiger partial charge in [-0.3, -0.25) is 5.10 Å². The van der Waals surface area contributed by atoms with Gasteiger partial charge in [-0.25, -0.2) is 4.79 Å². The Morgan fingerprint density at radius 2 is 1.95 bits per heavy atom. The Kier molecular flexibility index (Phi) is 3.05. The molecule has 0 saturated heterocycles. The molecule has 0 aliphatic carbocycles. The van der Waals surface area contributed by atoms with Crippen LogP contribution in [0.5, 0.6) is 0 Å². The third-order valence-electron chi connectivity index (χ3n) is 3.07. The van der Waals surface area contributed by atoms with E-state index in [0.717, 1.165) is 22.2 Å². The van der Waals surface area contributed by atoms with Crippen LogP contribution in [0.15, 0.2) is 48.5 Å². The molecule has 4 nitrogen and oxygen atoms in total. The van der Waals surface area contributed by atoms with Gasteiger partial charge in [-0.05, 0) is 29.8 Å². The summed E-state index contributed by atoms with van der Waals surface area (Å²) in [5.41, 5.74) is 2.92. The summed E-state index contributed by atoms with van der Waals surface area (Å²) < 4.78 is 0. The third-order valence-corrected chi connectivity index (χ3v) is 3.07. The van der Waals surface area contributed by atoms with E-state index >= 15 is 0 Å². The average molecular weight is 264 g/mol. The predicted octanol–water partition coefficient (Wildman–Crippen LogP) is 3.43. The number of aromatic amines is 1. The van der Waals surface area contributed by atoms with Crippen molar-refractivity contribution in [1.82, 2.24) is 10.2 Å². The van der Waals surface area contributed by atoms with Crippen molar-refractivity contribution < 1.29 is 9.90 Å². The number of nitrogens with one attached hydrogen (secondary N) is 1. The van der Waals surface area contributed by atoms with Gasteiger partial charge in [-0.1, -0.05) is 36.4 Å². The standard InChI is InChI=1S/C16H12N2O2/c19-16(20)12-5-3-4-11(10-12)8-9-15-13-6-1-2-7-14(13)17-18-15/h1-10H,(H,17,18)(H,19,20)/b9-8+. The second-order valence-corrected chi connectivity index (χ2v) is 4.42. The summed E-state index contributed by atoms with van der Waals surface area (Å²) in [5.74, 6) is -0.925. The molecule has 3 rings (SSSR count). The van der Waals surface area contributed by atoms with Gasteiger partial charge in [-0.2, -0.15) is 5.10 Å². The van der Waals surface area contributed by atoms with Crippen molar-refractivity contribution in [3.05, 3.63) is 65.4 Å². The van der Waals surface area contributed by atoms with Gasteiger partial charge in [0.1, 0.15) is 0 Å². The molecule has 20 heavy (non-hydrogen) atoms. The van der Waals surface area contributed by atoms with E-state index in [2.05, 4.69) is 10.2 Å². The topological polar surface area (TPSA) is 66.0 Å². The zero-order valence-electron chi connectivity index (χ0n) is 10.6. The smallest absolute Gasteiger partial charge is 0.335 e. The number of carboxylic acid groups (broad SMARTS) is 1. The van der Waals surface area contributed by atoms with Crippen molar-refractivity contribution in [2.24, 2.45) is 0 Å². The molecule has 0 aliphatic rings. The Morgan fingerprint density at radius 3 is 2.80 bits per heavy atom. The predicted molar refractivity (Wildman–Crippen MR) is 78.4 cm³/mol. The van der Waals surface area contributed by atoms with E-state index in [9.17, 15) is 4.79 Å². The maximum Gasteiger partial charge on any atom is 0.335 e. The Morgan fingerprint density at radius 1 is 1.10 bits per heavy atom. The van der Waals surface area contributed by atoms with Gasteiger partial charge in [0.15, 0.2) is 0 Å². The van der Waals surface area contributed by atoms with Crippen LogP contribution in [0, 0.1) is 0 Å². The second kappa shape index (κ2) is 5.01. The maximum atomic E-state index is 10.9. The molecule has 0 fully saturated rings. The monoisotopic (exact) mass is 264 g/mol. The van der Waals surface area contributed by atoms with Crippen molar-refractivity contribution >= 4 is 29.0 Å². The molecule has 1 heterocycles. The number of nitrogens with zero attached hydrogens (tertiary/aromatic N) is 1. The van der Waals surface area contributed by atoms with Crippen molar-refractivity contribution in [3.63, 3.8) is 0 Å². The van der Waals surface area contributed by atoms with Crippen molar-refractivity contribution in [1.29, 1.82) is 0 Å². The van der Waals surface area contributed by atoms with Crippen molar-refractivity contribution in [2.75, 3.05) is 0 Å². The molecule has 98 valence electrons. The Hall–Kier alpha value is -2.88. The summed E-state index contributed by atoms with van der Waals surface area (Å²) in [6, 6.07) is 14.7. The van der Waals surface area contributed by atoms with Crippen LogP contribution in [-0.2, 0) is 0 Å². The van der Waals surface area contributed by atoms with Crippen LogP contribution < -0.4 is 0 Å². The Bertz CT molecular complexity index is 803. The van der Waals surface area contributed by atoms with E-state index in [4.69, 9.17) is 5.11 Å². The minimum absolute atomic E-state index is 0.277. The van der Waals surface area contributed by atoms with Gasteiger partial charge in [0, 0.05) is 5.39 Å². The first-order chi connectivity index (χ1) is 9.74. The lowest BCUT2D eigenvalue weighted by Gasteiger charge is -1.96. The molecule has 0 unspecified atom stereocenters. The van der Waals surface area contributed by atoms with E-state index in [-0.39, 0.29) is 5.56 Å². The van der Waals surface area contributed by atoms with E-state index in [1.165, 1.54) is 0 Å². The lowest BCUT2D eigenvalue weighted by atomic mass is 10.1. The second-order valence-electron chi connectivity index (χ2n) is 4.42. The summed E-state index contributed by atoms with van der Waals surface area (Å²) in [4.78, 5) is 10.9. The largest absolute Gasteiger partial charge is 0.478 e. The number of carbonyl (C=O) groups is 1. The minimum Gasteiger partial charge on any atom is -0.478 e. The van der Waals surface area contributed by atoms with Crippen LogP contribution in [0.1, 0.15) is 21.6 Å². The molecule has 0 radical (unpaired) electrons. The number of aromatic nitrogens is 2. The number of para-hydroxylation sites is 1. The molecule has 2 N–H and O–H groups in total. The number of hydrogen-bond acceptors (Lipinski definition) is 2. The van der Waals surface area contributed by atoms with Gasteiger partial charge < -0.3 is 5.11 Å². The van der Waals surface area contributed by atoms with Crippen LogP contribution in [0.2, 0.25) is 0 Å². The van der Waals surface area contributed by atoms with Crippen LogP contribution in [0.25, 0.3) is 23.1 Å². The molecule has 4 heteroatoms. The number of H-pyrrole nitrogens is 1. The quantitative estimate of drug-likeness (QED) is 0.761. The van der Waals surface area contributed by atoms with Crippen LogP contribution in [0.4, 0.5) is 0 Å². The summed E-state index contributed by atoms with van der Waals surface area (Å²) >= 11 is 0. The maximum absolute atomic E-state index is 10.9. The van der Waals surface area contributed by atoms with Crippen molar-refractivity contribution in [2.45, 2.75) is 0 Å². The Labute approximate surface area is 115 Å². The molecule has 0 aliphatic heterocycles. The molecule has 2 aromatic carbocycles. The number of hydrogen-bond donors (Lipinski definition) is 2. The number of fused-ring (bicyclic) bond motifs is 1. The lowest BCUT2D eigenvalue weighted by molar-refractivity contribution is 0.0697. The van der Waals surface area contributed by atoms with Crippen molar-refractivity contribution in [3.8, 4) is 0 Å². The SMILES string of the molecule is O=C(O)c1cccc(/C=C/c2n[nH]c3ccccc23)c1. The summed E-state index contributed by atoms with van der Waals surface area (Å²) in [6.07, 6.45) is 3.73. The first kappa shape index (κ1) is 12.2. The third kappa shape index (κ3) is 2.31. The normalized spacial score (nSPS) is 11.2. The zero-order chi connectivity index (χ0) is 13.9. The molecule has 0 bridgehead atoms. The Balaban J connectivity index is 1.94. The number of aromatic carboxylic acids is 1. The number of carboxylic acids is 1. The molecule has 0 spiro atoms. The fourth-order valence-electron chi connectivity index (χ4n) is 2.06. The fourth-order valence-corrected chi connectivity index (χ4v) is 2.06. The van der Waals surface area contributed by atoms with Gasteiger partial charge >= 0.3 is 5.97 Å². The highest BCUT2D eigenvalue weighted by Gasteiger charge is 2.03. The first-order valence-corrected chi connectivity index (χ1v) is 6.18. The summed E-state index contributed by atoms with van der Waals surface area (Å²) in [5, 5.41) is 17.2. The van der Waals surface area contributed by atoms with Crippen LogP contribution in [-0.4, -0.2) is 21.3 Å². The zero-order valence-corrected chi connectivity index (χ0v) is 10.6. The highest BCUT2D eigenvalue weighted by molar-refractivity contribution is 5.91. The highest BCUT2D eigenvalue weighted by Crippen LogP contribution is 2.17. The fraction of sp³-hybridized carbons (Fsp3) is 0. The molecule has 0 atom stereocenters. The minimum atomic E-state index is -0.925. The van der Waals surface area contributed by atoms with Crippen LogP contribution in [0.3, 0.4) is 0 Å². The summed E-state index contributed by atoms with van der Waals surface area (Å²) in [6.45, 7) is 0. The number of rotatable bonds is 3. The van der Waals surface area contributed by atoms with Gasteiger partial charge in [0.25, 0.3) is 0 Å². The first-order valence-electron chi connectivity index (χ1n) is 6.18. The molecule has 3 aromatic rings. The highest BCUT2D eigenvalue weighted by atomic mass is 16.4. The van der Waals surface area contributed by atoms with Gasteiger partial charge in [0.2, 0.25) is 0 Å². The van der Waals surface area contributed by atoms with E-state index in [1.807, 2.05) is 42.5 Å².